The number of carbonyl (C=O) groups excluding carboxylic acids is 1. The largest absolute Gasteiger partial charge is 0.497 e. The maximum absolute atomic E-state index is 13.6. The van der Waals surface area contributed by atoms with E-state index in [-0.39, 0.29) is 18.4 Å². The Morgan fingerprint density at radius 3 is 2.42 bits per heavy atom. The van der Waals surface area contributed by atoms with Gasteiger partial charge in [0.2, 0.25) is 0 Å². The van der Waals surface area contributed by atoms with Gasteiger partial charge in [-0.2, -0.15) is 0 Å². The lowest BCUT2D eigenvalue weighted by Gasteiger charge is -2.34. The fourth-order valence-corrected chi connectivity index (χ4v) is 3.02. The number of nitrogens with one attached hydrogen (secondary N) is 1. The molecular formula is C20H24FN3O2. The lowest BCUT2D eigenvalue weighted by Crippen LogP contribution is -2.51. The highest BCUT2D eigenvalue weighted by Gasteiger charge is 2.21. The summed E-state index contributed by atoms with van der Waals surface area (Å²) in [6.07, 6.45) is 0. The lowest BCUT2D eigenvalue weighted by molar-refractivity contribution is 0.135. The number of ether oxygens (including phenoxy) is 1. The third-order valence-corrected chi connectivity index (χ3v) is 4.61. The minimum atomic E-state index is -0.294. The van der Waals surface area contributed by atoms with Gasteiger partial charge in [-0.15, -0.1) is 0 Å². The second-order valence-corrected chi connectivity index (χ2v) is 6.36. The molecule has 0 bridgehead atoms. The molecule has 0 aromatic heterocycles. The first-order chi connectivity index (χ1) is 12.7. The monoisotopic (exact) mass is 357 g/mol. The summed E-state index contributed by atoms with van der Waals surface area (Å²) >= 11 is 0. The van der Waals surface area contributed by atoms with Gasteiger partial charge in [-0.1, -0.05) is 30.3 Å². The summed E-state index contributed by atoms with van der Waals surface area (Å²) in [5.74, 6) is 0.558. The van der Waals surface area contributed by atoms with Gasteiger partial charge in [-0.05, 0) is 23.8 Å². The van der Waals surface area contributed by atoms with Crippen molar-refractivity contribution in [1.82, 2.24) is 15.1 Å². The van der Waals surface area contributed by atoms with E-state index < -0.39 is 0 Å². The van der Waals surface area contributed by atoms with Crippen LogP contribution in [0.1, 0.15) is 11.1 Å². The van der Waals surface area contributed by atoms with Crippen LogP contribution in [0.4, 0.5) is 9.18 Å². The van der Waals surface area contributed by atoms with Crippen molar-refractivity contribution in [3.8, 4) is 5.75 Å². The number of benzene rings is 2. The van der Waals surface area contributed by atoms with Crippen molar-refractivity contribution in [2.24, 2.45) is 0 Å². The molecule has 138 valence electrons. The van der Waals surface area contributed by atoms with Crippen LogP contribution in [0.3, 0.4) is 0 Å². The molecule has 1 N–H and O–H groups in total. The number of urea groups is 1. The number of hydrogen-bond donors (Lipinski definition) is 1. The van der Waals surface area contributed by atoms with Gasteiger partial charge in [-0.25, -0.2) is 9.18 Å². The Kier molecular flexibility index (Phi) is 6.07. The van der Waals surface area contributed by atoms with Crippen LogP contribution in [-0.4, -0.2) is 49.1 Å². The molecule has 1 aliphatic rings. The molecule has 1 saturated heterocycles. The number of halogens is 1. The molecule has 0 saturated carbocycles. The maximum Gasteiger partial charge on any atom is 0.317 e. The van der Waals surface area contributed by atoms with E-state index in [1.807, 2.05) is 12.1 Å². The Labute approximate surface area is 153 Å². The van der Waals surface area contributed by atoms with Crippen molar-refractivity contribution < 1.29 is 13.9 Å². The van der Waals surface area contributed by atoms with Crippen LogP contribution < -0.4 is 10.1 Å². The Balaban J connectivity index is 1.44. The maximum atomic E-state index is 13.6. The summed E-state index contributed by atoms with van der Waals surface area (Å²) in [5.41, 5.74) is 1.72. The normalized spacial score (nSPS) is 14.9. The van der Waals surface area contributed by atoms with Gasteiger partial charge < -0.3 is 15.0 Å². The molecule has 1 aliphatic heterocycles. The number of piperazine rings is 1. The van der Waals surface area contributed by atoms with Crippen LogP contribution in [0.25, 0.3) is 0 Å². The fourth-order valence-electron chi connectivity index (χ4n) is 3.02. The molecular weight excluding hydrogens is 333 g/mol. The summed E-state index contributed by atoms with van der Waals surface area (Å²) in [5, 5.41) is 2.80. The lowest BCUT2D eigenvalue weighted by atomic mass is 10.2. The number of hydrogen-bond acceptors (Lipinski definition) is 3. The van der Waals surface area contributed by atoms with Crippen molar-refractivity contribution >= 4 is 6.03 Å². The van der Waals surface area contributed by atoms with Gasteiger partial charge in [0.05, 0.1) is 7.11 Å². The molecule has 3 rings (SSSR count). The highest BCUT2D eigenvalue weighted by Crippen LogP contribution is 2.14. The number of carbonyl (C=O) groups is 1. The molecule has 5 nitrogen and oxygen atoms in total. The molecule has 1 heterocycles. The van der Waals surface area contributed by atoms with E-state index in [1.54, 1.807) is 30.2 Å². The van der Waals surface area contributed by atoms with Gasteiger partial charge in [0.15, 0.2) is 0 Å². The van der Waals surface area contributed by atoms with E-state index in [4.69, 9.17) is 4.74 Å². The predicted molar refractivity (Wildman–Crippen MR) is 98.5 cm³/mol. The molecule has 0 radical (unpaired) electrons. The average molecular weight is 357 g/mol. The summed E-state index contributed by atoms with van der Waals surface area (Å²) in [7, 11) is 1.66. The smallest absolute Gasteiger partial charge is 0.317 e. The highest BCUT2D eigenvalue weighted by molar-refractivity contribution is 5.74. The van der Waals surface area contributed by atoms with E-state index in [0.717, 1.165) is 25.4 Å². The van der Waals surface area contributed by atoms with Gasteiger partial charge >= 0.3 is 6.03 Å². The second kappa shape index (κ2) is 8.67. The third-order valence-electron chi connectivity index (χ3n) is 4.61. The molecule has 0 spiro atoms. The number of methoxy groups -OCH3 is 1. The van der Waals surface area contributed by atoms with Crippen molar-refractivity contribution in [2.75, 3.05) is 33.3 Å². The van der Waals surface area contributed by atoms with Crippen LogP contribution >= 0.6 is 0 Å². The van der Waals surface area contributed by atoms with Crippen molar-refractivity contribution in [3.05, 3.63) is 65.5 Å². The molecule has 2 aromatic carbocycles. The molecule has 0 unspecified atom stereocenters. The zero-order chi connectivity index (χ0) is 18.4. The number of amides is 2. The standard InChI is InChI=1S/C20H24FN3O2/c1-26-18-8-6-16(7-9-18)15-23-10-12-24(13-11-23)20(25)22-14-17-4-2-3-5-19(17)21/h2-9H,10-15H2,1H3,(H,22,25). The van der Waals surface area contributed by atoms with Gasteiger partial charge in [-0.3, -0.25) is 4.90 Å². The first kappa shape index (κ1) is 18.2. The van der Waals surface area contributed by atoms with E-state index in [2.05, 4.69) is 22.3 Å². The Morgan fingerprint density at radius 1 is 1.08 bits per heavy atom. The Bertz CT molecular complexity index is 728. The van der Waals surface area contributed by atoms with E-state index >= 15 is 0 Å². The number of rotatable bonds is 5. The summed E-state index contributed by atoms with van der Waals surface area (Å²) < 4.78 is 18.8. The molecule has 2 amide bonds. The van der Waals surface area contributed by atoms with E-state index in [0.29, 0.717) is 18.7 Å². The van der Waals surface area contributed by atoms with Gasteiger partial charge in [0.25, 0.3) is 0 Å². The van der Waals surface area contributed by atoms with Crippen LogP contribution in [0.2, 0.25) is 0 Å². The topological polar surface area (TPSA) is 44.8 Å². The molecule has 1 fully saturated rings. The second-order valence-electron chi connectivity index (χ2n) is 6.36. The molecule has 0 aliphatic carbocycles. The Hall–Kier alpha value is -2.60. The number of nitrogens with zero attached hydrogens (tertiary/aromatic N) is 2. The zero-order valence-electron chi connectivity index (χ0n) is 15.0. The minimum Gasteiger partial charge on any atom is -0.497 e. The van der Waals surface area contributed by atoms with Crippen molar-refractivity contribution in [1.29, 1.82) is 0 Å². The summed E-state index contributed by atoms with van der Waals surface area (Å²) in [6, 6.07) is 14.4. The van der Waals surface area contributed by atoms with E-state index in [1.165, 1.54) is 11.6 Å². The fraction of sp³-hybridized carbons (Fsp3) is 0.350. The quantitative estimate of drug-likeness (QED) is 0.895. The molecule has 2 aromatic rings. The molecule has 26 heavy (non-hydrogen) atoms. The van der Waals surface area contributed by atoms with Crippen LogP contribution in [0.5, 0.6) is 5.75 Å². The summed E-state index contributed by atoms with van der Waals surface area (Å²) in [4.78, 5) is 16.4. The highest BCUT2D eigenvalue weighted by atomic mass is 19.1. The van der Waals surface area contributed by atoms with Gasteiger partial charge in [0, 0.05) is 44.8 Å². The average Bonchev–Trinajstić information content (AvgIpc) is 2.68. The van der Waals surface area contributed by atoms with Crippen molar-refractivity contribution in [2.45, 2.75) is 13.1 Å². The minimum absolute atomic E-state index is 0.141. The predicted octanol–water partition coefficient (Wildman–Crippen LogP) is 2.86. The molecule has 6 heteroatoms. The van der Waals surface area contributed by atoms with Crippen molar-refractivity contribution in [3.63, 3.8) is 0 Å². The first-order valence-electron chi connectivity index (χ1n) is 8.77. The van der Waals surface area contributed by atoms with Crippen LogP contribution in [-0.2, 0) is 13.1 Å². The summed E-state index contributed by atoms with van der Waals surface area (Å²) in [6.45, 7) is 4.03. The first-order valence-corrected chi connectivity index (χ1v) is 8.77. The van der Waals surface area contributed by atoms with Crippen LogP contribution in [0, 0.1) is 5.82 Å². The Morgan fingerprint density at radius 2 is 1.77 bits per heavy atom. The SMILES string of the molecule is COc1ccc(CN2CCN(C(=O)NCc3ccccc3F)CC2)cc1. The molecule has 0 atom stereocenters. The van der Waals surface area contributed by atoms with Crippen LogP contribution in [0.15, 0.2) is 48.5 Å². The third kappa shape index (κ3) is 4.73. The van der Waals surface area contributed by atoms with E-state index in [9.17, 15) is 9.18 Å². The zero-order valence-corrected chi connectivity index (χ0v) is 15.0. The van der Waals surface area contributed by atoms with Gasteiger partial charge in [0.1, 0.15) is 11.6 Å².